The largest absolute Gasteiger partial charge is 1.00 e. The number of aryl methyl sites for hydroxylation is 1. The Morgan fingerprint density at radius 2 is 1.47 bits per heavy atom. The van der Waals surface area contributed by atoms with E-state index in [9.17, 15) is 10.2 Å². The van der Waals surface area contributed by atoms with Crippen LogP contribution in [-0.2, 0) is 20.3 Å². The van der Waals surface area contributed by atoms with Crippen LogP contribution in [0.1, 0.15) is 54.7 Å². The van der Waals surface area contributed by atoms with Crippen LogP contribution in [0.5, 0.6) is 11.5 Å². The molecule has 3 aromatic carbocycles. The third-order valence-electron chi connectivity index (χ3n) is 7.82. The van der Waals surface area contributed by atoms with Crippen molar-refractivity contribution in [2.75, 3.05) is 14.2 Å². The molecule has 0 atom stereocenters. The van der Waals surface area contributed by atoms with Gasteiger partial charge >= 0.3 is 0 Å². The van der Waals surface area contributed by atoms with Crippen LogP contribution in [0.4, 0.5) is 0 Å². The number of methoxy groups -OCH3 is 2. The lowest BCUT2D eigenvalue weighted by molar-refractivity contribution is -0.644. The standard InChI is InChI=1S/C32H36NO4.HI/c1-33-18-26(13-25-14-27(19-34)28(20-35)16-30(25)33)24-15-29(32(37-3)31(17-24)36-2)23-11-9-22(10-12-23)21-7-5-4-6-8-21;/h9-18,21,34-35H,4-8,19-20H2,1-3H3;1H/q+1;/p-1. The molecule has 0 spiro atoms. The van der Waals surface area contributed by atoms with Crippen LogP contribution < -0.4 is 38.0 Å². The Balaban J connectivity index is 0.00000336. The van der Waals surface area contributed by atoms with Crippen molar-refractivity contribution in [1.82, 2.24) is 0 Å². The molecule has 0 unspecified atom stereocenters. The van der Waals surface area contributed by atoms with E-state index in [2.05, 4.69) is 47.2 Å². The van der Waals surface area contributed by atoms with Crippen molar-refractivity contribution in [1.29, 1.82) is 0 Å². The summed E-state index contributed by atoms with van der Waals surface area (Å²) in [6.07, 6.45) is 8.65. The molecule has 200 valence electrons. The fraction of sp³-hybridized carbons (Fsp3) is 0.344. The van der Waals surface area contributed by atoms with Gasteiger partial charge in [0, 0.05) is 22.6 Å². The Morgan fingerprint density at radius 1 is 0.789 bits per heavy atom. The van der Waals surface area contributed by atoms with Crippen molar-refractivity contribution >= 4 is 10.9 Å². The molecule has 1 saturated carbocycles. The van der Waals surface area contributed by atoms with Crippen LogP contribution >= 0.6 is 0 Å². The van der Waals surface area contributed by atoms with Gasteiger partial charge in [0.2, 0.25) is 5.52 Å². The number of aliphatic hydroxyl groups is 2. The van der Waals surface area contributed by atoms with E-state index < -0.39 is 0 Å². The van der Waals surface area contributed by atoms with Crippen LogP contribution in [0.25, 0.3) is 33.2 Å². The first kappa shape index (κ1) is 28.3. The molecule has 0 radical (unpaired) electrons. The molecule has 1 aliphatic rings. The minimum atomic E-state index is -0.114. The first-order valence-corrected chi connectivity index (χ1v) is 13.1. The molecule has 1 aromatic heterocycles. The highest BCUT2D eigenvalue weighted by atomic mass is 127. The van der Waals surface area contributed by atoms with Gasteiger partial charge in [-0.15, -0.1) is 0 Å². The molecule has 1 fully saturated rings. The number of hydrogen-bond acceptors (Lipinski definition) is 4. The number of ether oxygens (including phenoxy) is 2. The quantitative estimate of drug-likeness (QED) is 0.245. The maximum Gasteiger partial charge on any atom is 0.212 e. The smallest absolute Gasteiger partial charge is 0.212 e. The van der Waals surface area contributed by atoms with Crippen molar-refractivity contribution in [3.05, 3.63) is 77.5 Å². The Bertz CT molecular complexity index is 1410. The van der Waals surface area contributed by atoms with Gasteiger partial charge in [-0.1, -0.05) is 43.5 Å². The third kappa shape index (κ3) is 5.53. The van der Waals surface area contributed by atoms with Crippen LogP contribution in [-0.4, -0.2) is 24.4 Å². The zero-order valence-corrected chi connectivity index (χ0v) is 24.5. The normalized spacial score (nSPS) is 13.8. The highest BCUT2D eigenvalue weighted by Gasteiger charge is 2.20. The second-order valence-corrected chi connectivity index (χ2v) is 10.1. The summed E-state index contributed by atoms with van der Waals surface area (Å²) in [6.45, 7) is -0.219. The lowest BCUT2D eigenvalue weighted by Crippen LogP contribution is -3.00. The van der Waals surface area contributed by atoms with E-state index in [0.717, 1.165) is 50.0 Å². The predicted octanol–water partition coefficient (Wildman–Crippen LogP) is 3.05. The number of halogens is 1. The van der Waals surface area contributed by atoms with Crippen molar-refractivity contribution in [3.8, 4) is 33.8 Å². The Hall–Kier alpha value is -2.68. The first-order valence-electron chi connectivity index (χ1n) is 13.1. The van der Waals surface area contributed by atoms with Crippen LogP contribution in [0.3, 0.4) is 0 Å². The molecule has 6 heteroatoms. The number of fused-ring (bicyclic) bond motifs is 1. The maximum atomic E-state index is 9.81. The maximum absolute atomic E-state index is 9.81. The summed E-state index contributed by atoms with van der Waals surface area (Å²) in [4.78, 5) is 0. The molecule has 0 saturated heterocycles. The molecule has 5 rings (SSSR count). The Morgan fingerprint density at radius 3 is 2.11 bits per heavy atom. The topological polar surface area (TPSA) is 62.8 Å². The van der Waals surface area contributed by atoms with Gasteiger partial charge in [-0.05, 0) is 70.8 Å². The molecule has 0 bridgehead atoms. The average molecular weight is 626 g/mol. The van der Waals surface area contributed by atoms with Crippen LogP contribution in [0.2, 0.25) is 0 Å². The number of nitrogens with zero attached hydrogens (tertiary/aromatic N) is 1. The number of hydrogen-bond donors (Lipinski definition) is 2. The van der Waals surface area contributed by atoms with Gasteiger partial charge in [-0.3, -0.25) is 0 Å². The summed E-state index contributed by atoms with van der Waals surface area (Å²) >= 11 is 0. The summed E-state index contributed by atoms with van der Waals surface area (Å²) < 4.78 is 13.7. The summed E-state index contributed by atoms with van der Waals surface area (Å²) in [5.41, 5.74) is 8.01. The van der Waals surface area contributed by atoms with Gasteiger partial charge < -0.3 is 43.7 Å². The SMILES string of the molecule is COc1cc(-c2cc3cc(CO)c(CO)cc3[n+](C)c2)cc(-c2ccc(C3CCCCC3)cc2)c1OC.[I-]. The summed E-state index contributed by atoms with van der Waals surface area (Å²) in [7, 11) is 5.35. The van der Waals surface area contributed by atoms with Crippen molar-refractivity contribution in [2.24, 2.45) is 7.05 Å². The minimum absolute atomic E-state index is 0. The second-order valence-electron chi connectivity index (χ2n) is 10.1. The van der Waals surface area contributed by atoms with E-state index in [4.69, 9.17) is 9.47 Å². The molecule has 1 aliphatic carbocycles. The number of aliphatic hydroxyl groups excluding tert-OH is 2. The lowest BCUT2D eigenvalue weighted by Gasteiger charge is -2.22. The van der Waals surface area contributed by atoms with Gasteiger partial charge in [0.25, 0.3) is 0 Å². The van der Waals surface area contributed by atoms with Gasteiger partial charge in [0.1, 0.15) is 7.05 Å². The molecule has 5 nitrogen and oxygen atoms in total. The molecular weight excluding hydrogens is 589 g/mol. The van der Waals surface area contributed by atoms with Gasteiger partial charge in [0.05, 0.1) is 27.4 Å². The fourth-order valence-corrected chi connectivity index (χ4v) is 5.77. The van der Waals surface area contributed by atoms with E-state index in [1.54, 1.807) is 14.2 Å². The molecule has 0 amide bonds. The Labute approximate surface area is 242 Å². The van der Waals surface area contributed by atoms with Crippen molar-refractivity contribution in [2.45, 2.75) is 51.2 Å². The van der Waals surface area contributed by atoms with Gasteiger partial charge in [0.15, 0.2) is 17.7 Å². The summed E-state index contributed by atoms with van der Waals surface area (Å²) in [6, 6.07) is 19.1. The average Bonchev–Trinajstić information content (AvgIpc) is 2.96. The van der Waals surface area contributed by atoms with Crippen LogP contribution in [0, 0.1) is 0 Å². The number of rotatable bonds is 7. The zero-order chi connectivity index (χ0) is 25.9. The first-order chi connectivity index (χ1) is 18.1. The molecular formula is C32H36INO4. The van der Waals surface area contributed by atoms with Crippen molar-refractivity contribution in [3.63, 3.8) is 0 Å². The predicted molar refractivity (Wildman–Crippen MR) is 147 cm³/mol. The third-order valence-corrected chi connectivity index (χ3v) is 7.82. The van der Waals surface area contributed by atoms with Gasteiger partial charge in [-0.2, -0.15) is 0 Å². The van der Waals surface area contributed by atoms with Crippen LogP contribution in [0.15, 0.2) is 60.8 Å². The highest BCUT2D eigenvalue weighted by molar-refractivity contribution is 5.86. The minimum Gasteiger partial charge on any atom is -1.00 e. The molecule has 0 aliphatic heterocycles. The Kier molecular flexibility index (Phi) is 9.28. The molecule has 1 heterocycles. The molecule has 38 heavy (non-hydrogen) atoms. The van der Waals surface area contributed by atoms with Crippen molar-refractivity contribution < 1.29 is 48.2 Å². The second kappa shape index (κ2) is 12.5. The summed E-state index contributed by atoms with van der Waals surface area (Å²) in [5, 5.41) is 20.5. The van der Waals surface area contributed by atoms with E-state index in [0.29, 0.717) is 11.7 Å². The van der Waals surface area contributed by atoms with Gasteiger partial charge in [-0.25, -0.2) is 4.57 Å². The fourth-order valence-electron chi connectivity index (χ4n) is 5.77. The number of pyridine rings is 1. The van der Waals surface area contributed by atoms with E-state index in [1.165, 1.54) is 37.7 Å². The van der Waals surface area contributed by atoms with E-state index >= 15 is 0 Å². The monoisotopic (exact) mass is 625 g/mol. The number of aromatic nitrogens is 1. The highest BCUT2D eigenvalue weighted by Crippen LogP contribution is 2.43. The molecule has 4 aromatic rings. The summed E-state index contributed by atoms with van der Waals surface area (Å²) in [5.74, 6) is 2.07. The lowest BCUT2D eigenvalue weighted by atomic mass is 9.83. The van der Waals surface area contributed by atoms with E-state index in [-0.39, 0.29) is 37.2 Å². The molecule has 2 N–H and O–H groups in total. The zero-order valence-electron chi connectivity index (χ0n) is 22.3. The number of benzene rings is 3. The van der Waals surface area contributed by atoms with E-state index in [1.807, 2.05) is 25.2 Å².